The fourth-order valence-electron chi connectivity index (χ4n) is 2.31. The number of aliphatic hydroxyl groups excluding tert-OH is 1. The molecule has 0 bridgehead atoms. The average molecular weight is 322 g/mol. The smallest absolute Gasteiger partial charge is 0.124 e. The van der Waals surface area contributed by atoms with Gasteiger partial charge in [-0.25, -0.2) is 0 Å². The summed E-state index contributed by atoms with van der Waals surface area (Å²) in [4.78, 5) is 0. The Morgan fingerprint density at radius 3 is 2.45 bits per heavy atom. The first-order valence-electron chi connectivity index (χ1n) is 7.41. The first kappa shape index (κ1) is 18.3. The van der Waals surface area contributed by atoms with Crippen molar-refractivity contribution in [2.75, 3.05) is 19.0 Å². The standard InChI is InChI=1S/C18H23NO2.ClH/c1-3-18(15-5-4-6-16(13-15)19-2)21-17-9-7-14(8-10-17)11-12-20;/h4-10,13,18-20H,3,11-12H2,1-2H3;1H. The maximum atomic E-state index is 8.93. The Kier molecular flexibility index (Phi) is 7.78. The predicted octanol–water partition coefficient (Wildman–Crippen LogP) is 4.22. The van der Waals surface area contributed by atoms with Crippen molar-refractivity contribution in [3.05, 3.63) is 59.7 Å². The molecule has 2 aromatic carbocycles. The number of ether oxygens (including phenoxy) is 1. The molecule has 1 unspecified atom stereocenters. The van der Waals surface area contributed by atoms with Gasteiger partial charge in [-0.15, -0.1) is 12.4 Å². The molecule has 0 radical (unpaired) electrons. The van der Waals surface area contributed by atoms with E-state index < -0.39 is 0 Å². The van der Waals surface area contributed by atoms with Gasteiger partial charge in [-0.05, 0) is 48.2 Å². The fraction of sp³-hybridized carbons (Fsp3) is 0.333. The van der Waals surface area contributed by atoms with E-state index in [0.717, 1.165) is 23.4 Å². The SMILES string of the molecule is CCC(Oc1ccc(CCO)cc1)c1cccc(NC)c1.Cl. The van der Waals surface area contributed by atoms with Crippen LogP contribution in [-0.2, 0) is 6.42 Å². The van der Waals surface area contributed by atoms with Crippen molar-refractivity contribution in [2.24, 2.45) is 0 Å². The number of hydrogen-bond donors (Lipinski definition) is 2. The zero-order valence-electron chi connectivity index (χ0n) is 13.1. The van der Waals surface area contributed by atoms with Gasteiger partial charge in [-0.3, -0.25) is 0 Å². The van der Waals surface area contributed by atoms with Crippen molar-refractivity contribution in [1.82, 2.24) is 0 Å². The summed E-state index contributed by atoms with van der Waals surface area (Å²) < 4.78 is 6.09. The van der Waals surface area contributed by atoms with E-state index in [4.69, 9.17) is 9.84 Å². The highest BCUT2D eigenvalue weighted by Crippen LogP contribution is 2.26. The zero-order chi connectivity index (χ0) is 15.1. The molecule has 2 aromatic rings. The van der Waals surface area contributed by atoms with Gasteiger partial charge in [-0.2, -0.15) is 0 Å². The van der Waals surface area contributed by atoms with Gasteiger partial charge in [0.25, 0.3) is 0 Å². The van der Waals surface area contributed by atoms with Crippen LogP contribution >= 0.6 is 12.4 Å². The summed E-state index contributed by atoms with van der Waals surface area (Å²) in [7, 11) is 1.92. The number of aliphatic hydroxyl groups is 1. The second-order valence-electron chi connectivity index (χ2n) is 5.01. The number of benzene rings is 2. The van der Waals surface area contributed by atoms with Gasteiger partial charge >= 0.3 is 0 Å². The molecule has 0 heterocycles. The number of anilines is 1. The Labute approximate surface area is 138 Å². The molecule has 2 N–H and O–H groups in total. The lowest BCUT2D eigenvalue weighted by molar-refractivity contribution is 0.201. The Bertz CT molecular complexity index is 557. The lowest BCUT2D eigenvalue weighted by Gasteiger charge is -2.19. The van der Waals surface area contributed by atoms with E-state index in [2.05, 4.69) is 24.4 Å². The molecule has 0 aliphatic carbocycles. The van der Waals surface area contributed by atoms with Crippen LogP contribution in [0, 0.1) is 0 Å². The van der Waals surface area contributed by atoms with E-state index in [-0.39, 0.29) is 25.1 Å². The molecule has 0 saturated carbocycles. The summed E-state index contributed by atoms with van der Waals surface area (Å²) in [6, 6.07) is 16.2. The minimum Gasteiger partial charge on any atom is -0.486 e. The minimum atomic E-state index is 0. The highest BCUT2D eigenvalue weighted by Gasteiger charge is 2.11. The third-order valence-electron chi connectivity index (χ3n) is 3.52. The topological polar surface area (TPSA) is 41.5 Å². The number of halogens is 1. The van der Waals surface area contributed by atoms with Crippen molar-refractivity contribution in [3.8, 4) is 5.75 Å². The van der Waals surface area contributed by atoms with Crippen molar-refractivity contribution < 1.29 is 9.84 Å². The Hall–Kier alpha value is -1.71. The summed E-state index contributed by atoms with van der Waals surface area (Å²) in [5.74, 6) is 0.860. The Morgan fingerprint density at radius 1 is 1.14 bits per heavy atom. The molecule has 0 aliphatic heterocycles. The predicted molar refractivity (Wildman–Crippen MR) is 94.1 cm³/mol. The molecule has 2 rings (SSSR count). The molecule has 22 heavy (non-hydrogen) atoms. The molecule has 120 valence electrons. The number of hydrogen-bond acceptors (Lipinski definition) is 3. The molecule has 4 heteroatoms. The van der Waals surface area contributed by atoms with Gasteiger partial charge in [0.1, 0.15) is 11.9 Å². The van der Waals surface area contributed by atoms with E-state index in [1.165, 1.54) is 5.56 Å². The van der Waals surface area contributed by atoms with Gasteiger partial charge in [0.05, 0.1) is 0 Å². The number of rotatable bonds is 7. The van der Waals surface area contributed by atoms with Gasteiger partial charge in [-0.1, -0.05) is 31.2 Å². The van der Waals surface area contributed by atoms with Gasteiger partial charge in [0.2, 0.25) is 0 Å². The number of nitrogens with one attached hydrogen (secondary N) is 1. The molecular formula is C18H24ClNO2. The quantitative estimate of drug-likeness (QED) is 0.802. The highest BCUT2D eigenvalue weighted by molar-refractivity contribution is 5.85. The van der Waals surface area contributed by atoms with Crippen molar-refractivity contribution in [2.45, 2.75) is 25.9 Å². The summed E-state index contributed by atoms with van der Waals surface area (Å²) >= 11 is 0. The monoisotopic (exact) mass is 321 g/mol. The first-order valence-corrected chi connectivity index (χ1v) is 7.41. The molecule has 0 amide bonds. The van der Waals surface area contributed by atoms with Crippen LogP contribution in [0.3, 0.4) is 0 Å². The van der Waals surface area contributed by atoms with Crippen LogP contribution in [0.5, 0.6) is 5.75 Å². The molecular weight excluding hydrogens is 298 g/mol. The van der Waals surface area contributed by atoms with E-state index in [0.29, 0.717) is 6.42 Å². The second kappa shape index (κ2) is 9.34. The lowest BCUT2D eigenvalue weighted by atomic mass is 10.1. The summed E-state index contributed by atoms with van der Waals surface area (Å²) in [5, 5.41) is 12.1. The maximum absolute atomic E-state index is 8.93. The first-order chi connectivity index (χ1) is 10.3. The van der Waals surface area contributed by atoms with E-state index in [9.17, 15) is 0 Å². The molecule has 1 atom stereocenters. The summed E-state index contributed by atoms with van der Waals surface area (Å²) in [6.45, 7) is 2.30. The van der Waals surface area contributed by atoms with E-state index >= 15 is 0 Å². The maximum Gasteiger partial charge on any atom is 0.124 e. The zero-order valence-corrected chi connectivity index (χ0v) is 13.9. The average Bonchev–Trinajstić information content (AvgIpc) is 2.54. The molecule has 0 aliphatic rings. The van der Waals surface area contributed by atoms with Crippen molar-refractivity contribution >= 4 is 18.1 Å². The Balaban J connectivity index is 0.00000242. The summed E-state index contributed by atoms with van der Waals surface area (Å²) in [6.07, 6.45) is 1.63. The van der Waals surface area contributed by atoms with E-state index in [1.54, 1.807) is 0 Å². The lowest BCUT2D eigenvalue weighted by Crippen LogP contribution is -2.07. The fourth-order valence-corrected chi connectivity index (χ4v) is 2.31. The van der Waals surface area contributed by atoms with Crippen LogP contribution in [0.1, 0.15) is 30.6 Å². The van der Waals surface area contributed by atoms with E-state index in [1.807, 2.05) is 43.4 Å². The van der Waals surface area contributed by atoms with Crippen LogP contribution < -0.4 is 10.1 Å². The van der Waals surface area contributed by atoms with Gasteiger partial charge in [0, 0.05) is 19.3 Å². The Morgan fingerprint density at radius 2 is 1.86 bits per heavy atom. The third kappa shape index (κ3) is 4.93. The minimum absolute atomic E-state index is 0. The molecule has 3 nitrogen and oxygen atoms in total. The molecule has 0 fully saturated rings. The van der Waals surface area contributed by atoms with Crippen LogP contribution in [0.15, 0.2) is 48.5 Å². The third-order valence-corrected chi connectivity index (χ3v) is 3.52. The van der Waals surface area contributed by atoms with Crippen molar-refractivity contribution in [1.29, 1.82) is 0 Å². The molecule has 0 saturated heterocycles. The van der Waals surface area contributed by atoms with Crippen LogP contribution in [0.2, 0.25) is 0 Å². The summed E-state index contributed by atoms with van der Waals surface area (Å²) in [5.41, 5.74) is 3.38. The largest absolute Gasteiger partial charge is 0.486 e. The van der Waals surface area contributed by atoms with Crippen LogP contribution in [-0.4, -0.2) is 18.8 Å². The van der Waals surface area contributed by atoms with Crippen molar-refractivity contribution in [3.63, 3.8) is 0 Å². The highest BCUT2D eigenvalue weighted by atomic mass is 35.5. The normalized spacial score (nSPS) is 11.4. The second-order valence-corrected chi connectivity index (χ2v) is 5.01. The van der Waals surface area contributed by atoms with Gasteiger partial charge < -0.3 is 15.2 Å². The molecule has 0 spiro atoms. The van der Waals surface area contributed by atoms with Crippen LogP contribution in [0.4, 0.5) is 5.69 Å². The molecule has 0 aromatic heterocycles. The van der Waals surface area contributed by atoms with Crippen LogP contribution in [0.25, 0.3) is 0 Å². The van der Waals surface area contributed by atoms with Gasteiger partial charge in [0.15, 0.2) is 0 Å².